The second kappa shape index (κ2) is 6.37. The van der Waals surface area contributed by atoms with Crippen molar-refractivity contribution < 1.29 is 4.79 Å². The van der Waals surface area contributed by atoms with Crippen molar-refractivity contribution >= 4 is 17.2 Å². The van der Waals surface area contributed by atoms with Crippen LogP contribution in [0.2, 0.25) is 0 Å². The van der Waals surface area contributed by atoms with Gasteiger partial charge in [0.05, 0.1) is 6.04 Å². The van der Waals surface area contributed by atoms with E-state index in [-0.39, 0.29) is 11.9 Å². The summed E-state index contributed by atoms with van der Waals surface area (Å²) in [6.45, 7) is 0.506. The van der Waals surface area contributed by atoms with Crippen LogP contribution in [0, 0.1) is 0 Å². The molecule has 0 unspecified atom stereocenters. The van der Waals surface area contributed by atoms with Crippen molar-refractivity contribution in [3.05, 3.63) is 76.7 Å². The third-order valence-corrected chi connectivity index (χ3v) is 3.97. The zero-order valence-electron chi connectivity index (χ0n) is 11.3. The summed E-state index contributed by atoms with van der Waals surface area (Å²) >= 11 is 1.64. The van der Waals surface area contributed by atoms with E-state index < -0.39 is 0 Å². The summed E-state index contributed by atoms with van der Waals surface area (Å²) in [4.78, 5) is 12.2. The molecule has 21 heavy (non-hydrogen) atoms. The maximum Gasteiger partial charge on any atom is 0.251 e. The molecule has 3 rings (SSSR count). The zero-order chi connectivity index (χ0) is 14.5. The second-order valence-corrected chi connectivity index (χ2v) is 5.41. The minimum absolute atomic E-state index is 0.0129. The molecule has 0 radical (unpaired) electrons. The number of hydrogen-bond acceptors (Lipinski definition) is 3. The number of nitrogens with zero attached hydrogens (tertiary/aromatic N) is 2. The molecule has 0 bridgehead atoms. The van der Waals surface area contributed by atoms with Crippen LogP contribution in [-0.2, 0) is 0 Å². The van der Waals surface area contributed by atoms with Crippen molar-refractivity contribution in [3.8, 4) is 0 Å². The summed E-state index contributed by atoms with van der Waals surface area (Å²) in [6, 6.07) is 13.2. The summed E-state index contributed by atoms with van der Waals surface area (Å²) in [5.74, 6) is -0.0667. The first-order chi connectivity index (χ1) is 10.3. The third-order valence-electron chi connectivity index (χ3n) is 3.26. The maximum atomic E-state index is 12.2. The normalized spacial score (nSPS) is 12.0. The first kappa shape index (κ1) is 13.6. The van der Waals surface area contributed by atoms with Crippen molar-refractivity contribution in [3.63, 3.8) is 0 Å². The van der Waals surface area contributed by atoms with Crippen LogP contribution in [0.1, 0.15) is 22.0 Å². The number of nitrogens with one attached hydrogen (secondary N) is 1. The highest BCUT2D eigenvalue weighted by Crippen LogP contribution is 2.19. The molecule has 0 aliphatic carbocycles. The Morgan fingerprint density at radius 1 is 1.24 bits per heavy atom. The number of rotatable bonds is 5. The van der Waals surface area contributed by atoms with Crippen LogP contribution in [0.15, 0.2) is 65.6 Å². The number of amides is 1. The van der Waals surface area contributed by atoms with E-state index >= 15 is 0 Å². The quantitative estimate of drug-likeness (QED) is 0.787. The van der Waals surface area contributed by atoms with Crippen molar-refractivity contribution in [1.29, 1.82) is 0 Å². The Hall–Kier alpha value is -2.40. The van der Waals surface area contributed by atoms with Gasteiger partial charge in [0, 0.05) is 24.5 Å². The van der Waals surface area contributed by atoms with Gasteiger partial charge in [0.25, 0.3) is 5.91 Å². The Balaban J connectivity index is 1.73. The monoisotopic (exact) mass is 297 g/mol. The van der Waals surface area contributed by atoms with Crippen LogP contribution in [0.4, 0.5) is 0 Å². The minimum Gasteiger partial charge on any atom is -0.350 e. The Labute approximate surface area is 127 Å². The van der Waals surface area contributed by atoms with Crippen LogP contribution in [0.3, 0.4) is 0 Å². The smallest absolute Gasteiger partial charge is 0.251 e. The summed E-state index contributed by atoms with van der Waals surface area (Å²) in [5.41, 5.74) is 1.82. The van der Waals surface area contributed by atoms with Gasteiger partial charge in [-0.1, -0.05) is 18.2 Å². The van der Waals surface area contributed by atoms with E-state index in [0.717, 1.165) is 5.56 Å². The van der Waals surface area contributed by atoms with Gasteiger partial charge in [-0.05, 0) is 40.6 Å². The van der Waals surface area contributed by atoms with E-state index in [4.69, 9.17) is 0 Å². The molecule has 0 aliphatic rings. The van der Waals surface area contributed by atoms with Gasteiger partial charge in [-0.2, -0.15) is 16.4 Å². The lowest BCUT2D eigenvalue weighted by atomic mass is 10.1. The van der Waals surface area contributed by atoms with E-state index in [1.165, 1.54) is 0 Å². The number of thiophene rings is 1. The molecule has 2 heterocycles. The van der Waals surface area contributed by atoms with Gasteiger partial charge in [0.1, 0.15) is 0 Å². The van der Waals surface area contributed by atoms with Crippen LogP contribution in [-0.4, -0.2) is 22.2 Å². The fourth-order valence-corrected chi connectivity index (χ4v) is 2.88. The minimum atomic E-state index is -0.0667. The molecule has 1 amide bonds. The topological polar surface area (TPSA) is 46.9 Å². The summed E-state index contributed by atoms with van der Waals surface area (Å²) in [5, 5.41) is 11.4. The molecule has 0 fully saturated rings. The SMILES string of the molecule is O=C(NC[C@H](c1ccsc1)n1cccn1)c1ccccc1. The molecule has 4 nitrogen and oxygen atoms in total. The molecule has 2 aromatic heterocycles. The lowest BCUT2D eigenvalue weighted by Crippen LogP contribution is -2.31. The predicted molar refractivity (Wildman–Crippen MR) is 83.5 cm³/mol. The highest BCUT2D eigenvalue weighted by molar-refractivity contribution is 7.07. The first-order valence-corrected chi connectivity index (χ1v) is 7.63. The standard InChI is InChI=1S/C16H15N3OS/c20-16(13-5-2-1-3-6-13)17-11-15(14-7-10-21-12-14)19-9-4-8-18-19/h1-10,12,15H,11H2,(H,17,20)/t15-/m1/s1. The zero-order valence-corrected chi connectivity index (χ0v) is 12.2. The maximum absolute atomic E-state index is 12.2. The third kappa shape index (κ3) is 3.20. The Bertz CT molecular complexity index is 643. The summed E-state index contributed by atoms with van der Waals surface area (Å²) < 4.78 is 1.87. The molecule has 0 spiro atoms. The summed E-state index contributed by atoms with van der Waals surface area (Å²) in [6.07, 6.45) is 3.66. The molecule has 5 heteroatoms. The van der Waals surface area contributed by atoms with Gasteiger partial charge in [-0.3, -0.25) is 9.48 Å². The van der Waals surface area contributed by atoms with E-state index in [2.05, 4.69) is 21.9 Å². The van der Waals surface area contributed by atoms with Crippen molar-refractivity contribution in [2.75, 3.05) is 6.54 Å². The van der Waals surface area contributed by atoms with Crippen molar-refractivity contribution in [2.45, 2.75) is 6.04 Å². The number of carbonyl (C=O) groups excluding carboxylic acids is 1. The Morgan fingerprint density at radius 3 is 2.76 bits per heavy atom. The Morgan fingerprint density at radius 2 is 2.10 bits per heavy atom. The lowest BCUT2D eigenvalue weighted by Gasteiger charge is -2.17. The van der Waals surface area contributed by atoms with Crippen LogP contribution in [0.5, 0.6) is 0 Å². The van der Waals surface area contributed by atoms with E-state index in [9.17, 15) is 4.79 Å². The lowest BCUT2D eigenvalue weighted by molar-refractivity contribution is 0.0949. The van der Waals surface area contributed by atoms with Crippen LogP contribution in [0.25, 0.3) is 0 Å². The van der Waals surface area contributed by atoms with Gasteiger partial charge < -0.3 is 5.32 Å². The van der Waals surface area contributed by atoms with Gasteiger partial charge in [0.15, 0.2) is 0 Å². The number of benzene rings is 1. The highest BCUT2D eigenvalue weighted by atomic mass is 32.1. The molecular weight excluding hydrogens is 282 g/mol. The summed E-state index contributed by atoms with van der Waals surface area (Å²) in [7, 11) is 0. The van der Waals surface area contributed by atoms with E-state index in [1.807, 2.05) is 52.7 Å². The fraction of sp³-hybridized carbons (Fsp3) is 0.125. The largest absolute Gasteiger partial charge is 0.350 e. The average molecular weight is 297 g/mol. The molecule has 0 aliphatic heterocycles. The van der Waals surface area contributed by atoms with Crippen molar-refractivity contribution in [1.82, 2.24) is 15.1 Å². The number of hydrogen-bond donors (Lipinski definition) is 1. The van der Waals surface area contributed by atoms with Gasteiger partial charge in [-0.25, -0.2) is 0 Å². The molecule has 1 N–H and O–H groups in total. The van der Waals surface area contributed by atoms with E-state index in [1.54, 1.807) is 17.5 Å². The molecular formula is C16H15N3OS. The molecule has 0 saturated carbocycles. The average Bonchev–Trinajstić information content (AvgIpc) is 3.22. The first-order valence-electron chi connectivity index (χ1n) is 6.69. The molecule has 1 atom stereocenters. The van der Waals surface area contributed by atoms with Crippen LogP contribution < -0.4 is 5.32 Å². The second-order valence-electron chi connectivity index (χ2n) is 4.63. The molecule has 106 valence electrons. The highest BCUT2D eigenvalue weighted by Gasteiger charge is 2.16. The van der Waals surface area contributed by atoms with Crippen molar-refractivity contribution in [2.24, 2.45) is 0 Å². The van der Waals surface area contributed by atoms with E-state index in [0.29, 0.717) is 12.1 Å². The van der Waals surface area contributed by atoms with Gasteiger partial charge in [0.2, 0.25) is 0 Å². The Kier molecular flexibility index (Phi) is 4.12. The van der Waals surface area contributed by atoms with Crippen LogP contribution >= 0.6 is 11.3 Å². The molecule has 1 aromatic carbocycles. The predicted octanol–water partition coefficient (Wildman–Crippen LogP) is 2.96. The van der Waals surface area contributed by atoms with Gasteiger partial charge >= 0.3 is 0 Å². The number of carbonyl (C=O) groups is 1. The molecule has 0 saturated heterocycles. The fourth-order valence-electron chi connectivity index (χ4n) is 2.17. The molecule has 3 aromatic rings. The number of aromatic nitrogens is 2. The van der Waals surface area contributed by atoms with Gasteiger partial charge in [-0.15, -0.1) is 0 Å².